The largest absolute Gasteiger partial charge is 0.754 e. The molecule has 3 N–H and O–H groups in total. The van der Waals surface area contributed by atoms with E-state index in [0.717, 1.165) is 10.8 Å². The van der Waals surface area contributed by atoms with Gasteiger partial charge in [0.05, 0.1) is 0 Å². The van der Waals surface area contributed by atoms with E-state index in [1.165, 1.54) is 0 Å². The van der Waals surface area contributed by atoms with Gasteiger partial charge in [-0.25, -0.2) is 0 Å². The van der Waals surface area contributed by atoms with Gasteiger partial charge in [-0.15, -0.1) is 0 Å². The molecule has 0 aliphatic rings. The van der Waals surface area contributed by atoms with E-state index in [9.17, 15) is 5.21 Å². The number of nitrogens with two attached hydrogens (primary N) is 1. The Hall–Kier alpha value is -2.20. The van der Waals surface area contributed by atoms with Crippen molar-refractivity contribution in [2.75, 3.05) is 23.2 Å². The topological polar surface area (TPSA) is 64.3 Å². The molecule has 0 heterocycles. The molecule has 2 rings (SSSR count). The van der Waals surface area contributed by atoms with Gasteiger partial charge in [-0.1, -0.05) is 0 Å². The molecule has 0 bridgehead atoms. The van der Waals surface area contributed by atoms with Crippen LogP contribution in [0.1, 0.15) is 0 Å². The van der Waals surface area contributed by atoms with Gasteiger partial charge in [-0.3, -0.25) is 0 Å². The second kappa shape index (κ2) is 4.76. The molecular formula is C13H14N3O-. The Morgan fingerprint density at radius 2 is 1.41 bits per heavy atom. The Bertz CT molecular complexity index is 479. The first-order valence-electron chi connectivity index (χ1n) is 5.31. The molecule has 2 aromatic rings. The minimum Gasteiger partial charge on any atom is -0.754 e. The van der Waals surface area contributed by atoms with Crippen LogP contribution in [0, 0.1) is 5.21 Å². The molecule has 0 aliphatic heterocycles. The Morgan fingerprint density at radius 3 is 1.88 bits per heavy atom. The van der Waals surface area contributed by atoms with Gasteiger partial charge in [0.25, 0.3) is 0 Å². The molecule has 17 heavy (non-hydrogen) atoms. The third-order valence-corrected chi connectivity index (χ3v) is 2.52. The summed E-state index contributed by atoms with van der Waals surface area (Å²) in [5.74, 6) is 0. The fourth-order valence-electron chi connectivity index (χ4n) is 1.52. The van der Waals surface area contributed by atoms with Crippen molar-refractivity contribution in [2.45, 2.75) is 0 Å². The maximum absolute atomic E-state index is 12.0. The zero-order chi connectivity index (χ0) is 12.3. The number of nitrogens with zero attached hydrogens (tertiary/aromatic N) is 1. The summed E-state index contributed by atoms with van der Waals surface area (Å²) in [4.78, 5) is 0. The first kappa shape index (κ1) is 11.3. The highest BCUT2D eigenvalue weighted by molar-refractivity contribution is 5.67. The van der Waals surface area contributed by atoms with Crippen LogP contribution in [0.25, 0.3) is 0 Å². The zero-order valence-electron chi connectivity index (χ0n) is 9.55. The maximum atomic E-state index is 12.0. The van der Waals surface area contributed by atoms with E-state index in [0.29, 0.717) is 17.1 Å². The number of hydrogen-bond acceptors (Lipinski definition) is 4. The summed E-state index contributed by atoms with van der Waals surface area (Å²) in [6, 6.07) is 14.1. The van der Waals surface area contributed by atoms with E-state index >= 15 is 0 Å². The third-order valence-electron chi connectivity index (χ3n) is 2.52. The van der Waals surface area contributed by atoms with Crippen molar-refractivity contribution in [1.29, 1.82) is 0 Å². The van der Waals surface area contributed by atoms with Crippen LogP contribution in [0.4, 0.5) is 22.7 Å². The number of nitrogens with one attached hydrogen (secondary N) is 1. The van der Waals surface area contributed by atoms with Crippen LogP contribution in [-0.2, 0) is 0 Å². The van der Waals surface area contributed by atoms with Gasteiger partial charge in [-0.2, -0.15) is 0 Å². The molecule has 0 spiro atoms. The molecule has 0 radical (unpaired) electrons. The van der Waals surface area contributed by atoms with E-state index in [1.54, 1.807) is 36.4 Å². The normalized spacial score (nSPS) is 10.0. The van der Waals surface area contributed by atoms with Gasteiger partial charge in [0.1, 0.15) is 0 Å². The maximum Gasteiger partial charge on any atom is 0.0339 e. The van der Waals surface area contributed by atoms with Crippen LogP contribution < -0.4 is 16.1 Å². The first-order valence-corrected chi connectivity index (χ1v) is 5.31. The molecule has 0 aromatic heterocycles. The van der Waals surface area contributed by atoms with Crippen LogP contribution >= 0.6 is 0 Å². The predicted molar refractivity (Wildman–Crippen MR) is 72.3 cm³/mol. The highest BCUT2D eigenvalue weighted by Gasteiger charge is 1.98. The van der Waals surface area contributed by atoms with Gasteiger partial charge in [-0.05, 0) is 48.5 Å². The summed E-state index contributed by atoms with van der Waals surface area (Å²) in [7, 11) is 1.84. The summed E-state index contributed by atoms with van der Waals surface area (Å²) in [5, 5.41) is 15.9. The van der Waals surface area contributed by atoms with E-state index < -0.39 is 0 Å². The van der Waals surface area contributed by atoms with Crippen molar-refractivity contribution in [3.8, 4) is 0 Å². The van der Waals surface area contributed by atoms with Crippen molar-refractivity contribution in [1.82, 2.24) is 0 Å². The SMILES string of the molecule is CNc1ccc(N([O-])c2ccc(N)cc2)cc1. The smallest absolute Gasteiger partial charge is 0.0339 e. The summed E-state index contributed by atoms with van der Waals surface area (Å²) < 4.78 is 0. The number of rotatable bonds is 3. The van der Waals surface area contributed by atoms with Crippen molar-refractivity contribution in [3.05, 3.63) is 53.7 Å². The number of nitrogen functional groups attached to an aromatic ring is 1. The molecular weight excluding hydrogens is 214 g/mol. The van der Waals surface area contributed by atoms with E-state index in [2.05, 4.69) is 5.32 Å². The Balaban J connectivity index is 2.23. The van der Waals surface area contributed by atoms with Crippen molar-refractivity contribution in [2.24, 2.45) is 0 Å². The van der Waals surface area contributed by atoms with E-state index in [1.807, 2.05) is 19.2 Å². The minimum absolute atomic E-state index is 0.566. The molecule has 4 heteroatoms. The summed E-state index contributed by atoms with van der Waals surface area (Å²) in [6.45, 7) is 0. The summed E-state index contributed by atoms with van der Waals surface area (Å²) >= 11 is 0. The van der Waals surface area contributed by atoms with Gasteiger partial charge in [0.15, 0.2) is 0 Å². The van der Waals surface area contributed by atoms with Crippen molar-refractivity contribution >= 4 is 22.7 Å². The Labute approximate surface area is 100 Å². The zero-order valence-corrected chi connectivity index (χ0v) is 9.55. The summed E-state index contributed by atoms with van der Waals surface area (Å²) in [5.41, 5.74) is 8.35. The monoisotopic (exact) mass is 228 g/mol. The molecule has 0 amide bonds. The van der Waals surface area contributed by atoms with Gasteiger partial charge < -0.3 is 21.3 Å². The van der Waals surface area contributed by atoms with Crippen LogP contribution in [0.15, 0.2) is 48.5 Å². The average molecular weight is 228 g/mol. The lowest BCUT2D eigenvalue weighted by Gasteiger charge is -2.30. The van der Waals surface area contributed by atoms with Gasteiger partial charge in [0.2, 0.25) is 0 Å². The molecule has 0 unspecified atom stereocenters. The lowest BCUT2D eigenvalue weighted by molar-refractivity contribution is 1.30. The lowest BCUT2D eigenvalue weighted by Crippen LogP contribution is -2.06. The van der Waals surface area contributed by atoms with Crippen molar-refractivity contribution in [3.63, 3.8) is 0 Å². The molecule has 0 atom stereocenters. The Kier molecular flexibility index (Phi) is 3.16. The van der Waals surface area contributed by atoms with Crippen LogP contribution in [-0.4, -0.2) is 7.05 Å². The Morgan fingerprint density at radius 1 is 0.941 bits per heavy atom. The molecule has 2 aromatic carbocycles. The fraction of sp³-hybridized carbons (Fsp3) is 0.0769. The molecule has 88 valence electrons. The van der Waals surface area contributed by atoms with E-state index in [-0.39, 0.29) is 0 Å². The standard InChI is InChI=1S/C13H14N3O/c1-15-11-4-8-13(9-5-11)16(17)12-6-2-10(14)3-7-12/h2-9,15H,14H2,1H3/q-1. The molecule has 4 nitrogen and oxygen atoms in total. The second-order valence-corrected chi connectivity index (χ2v) is 3.68. The molecule has 0 aliphatic carbocycles. The fourth-order valence-corrected chi connectivity index (χ4v) is 1.52. The van der Waals surface area contributed by atoms with Crippen LogP contribution in [0.5, 0.6) is 0 Å². The summed E-state index contributed by atoms with van der Waals surface area (Å²) in [6.07, 6.45) is 0. The van der Waals surface area contributed by atoms with Crippen LogP contribution in [0.2, 0.25) is 0 Å². The lowest BCUT2D eigenvalue weighted by atomic mass is 10.2. The number of hydrogen-bond donors (Lipinski definition) is 2. The first-order chi connectivity index (χ1) is 8.20. The van der Waals surface area contributed by atoms with E-state index in [4.69, 9.17) is 5.73 Å². The molecule has 0 saturated heterocycles. The average Bonchev–Trinajstić information content (AvgIpc) is 2.39. The minimum atomic E-state index is 0.566. The van der Waals surface area contributed by atoms with Crippen molar-refractivity contribution < 1.29 is 0 Å². The van der Waals surface area contributed by atoms with Crippen LogP contribution in [0.3, 0.4) is 0 Å². The highest BCUT2D eigenvalue weighted by Crippen LogP contribution is 2.25. The predicted octanol–water partition coefficient (Wildman–Crippen LogP) is 2.95. The molecule has 0 saturated carbocycles. The molecule has 0 fully saturated rings. The second-order valence-electron chi connectivity index (χ2n) is 3.68. The third kappa shape index (κ3) is 2.49. The highest BCUT2D eigenvalue weighted by atomic mass is 16.5. The van der Waals surface area contributed by atoms with Gasteiger partial charge in [0, 0.05) is 29.8 Å². The van der Waals surface area contributed by atoms with Gasteiger partial charge >= 0.3 is 0 Å². The number of anilines is 4. The number of benzene rings is 2. The quantitative estimate of drug-likeness (QED) is 0.626.